The van der Waals surface area contributed by atoms with Crippen LogP contribution >= 0.6 is 23.1 Å². The average Bonchev–Trinajstić information content (AvgIpc) is 3.05. The number of nitrogens with one attached hydrogen (secondary N) is 1. The number of piperidine rings is 1. The van der Waals surface area contributed by atoms with E-state index in [1.54, 1.807) is 29.8 Å². The summed E-state index contributed by atoms with van der Waals surface area (Å²) >= 11 is 3.04. The molecule has 6 nitrogen and oxygen atoms in total. The molecule has 1 N–H and O–H groups in total. The molecule has 1 aliphatic rings. The van der Waals surface area contributed by atoms with Crippen LogP contribution in [0.15, 0.2) is 35.6 Å². The molecule has 168 valence electrons. The topological polar surface area (TPSA) is 75.2 Å². The molecule has 0 radical (unpaired) electrons. The Kier molecular flexibility index (Phi) is 6.81. The highest BCUT2D eigenvalue weighted by Gasteiger charge is 2.27. The molecule has 8 heteroatoms. The zero-order chi connectivity index (χ0) is 22.8. The maximum absolute atomic E-state index is 13.2. The molecule has 1 fully saturated rings. The minimum atomic E-state index is -0.160. The van der Waals surface area contributed by atoms with E-state index in [9.17, 15) is 9.59 Å². The van der Waals surface area contributed by atoms with E-state index in [4.69, 9.17) is 0 Å². The third-order valence-electron chi connectivity index (χ3n) is 5.86. The Morgan fingerprint density at radius 3 is 2.62 bits per heavy atom. The van der Waals surface area contributed by atoms with Crippen molar-refractivity contribution >= 4 is 50.8 Å². The summed E-state index contributed by atoms with van der Waals surface area (Å²) in [6, 6.07) is 7.27. The van der Waals surface area contributed by atoms with Crippen LogP contribution in [0.5, 0.6) is 0 Å². The van der Waals surface area contributed by atoms with Gasteiger partial charge in [0.15, 0.2) is 0 Å². The van der Waals surface area contributed by atoms with E-state index in [1.807, 2.05) is 17.0 Å². The Bertz CT molecular complexity index is 1150. The SMILES string of the molecule is Cc1sc2ncnc(SCC(=O)Nc3ccccc3C(=O)N3CC(C)CC(C)C3)c2c1C. The maximum atomic E-state index is 13.2. The Hall–Kier alpha value is -2.45. The van der Waals surface area contributed by atoms with Crippen LogP contribution in [0.1, 0.15) is 41.1 Å². The predicted octanol–water partition coefficient (Wildman–Crippen LogP) is 5.16. The van der Waals surface area contributed by atoms with Crippen LogP contribution in [0.3, 0.4) is 0 Å². The third-order valence-corrected chi connectivity index (χ3v) is 7.96. The quantitative estimate of drug-likeness (QED) is 0.414. The first-order chi connectivity index (χ1) is 15.3. The number of hydrogen-bond acceptors (Lipinski definition) is 6. The van der Waals surface area contributed by atoms with E-state index in [0.717, 1.165) is 40.3 Å². The molecule has 4 rings (SSSR count). The second kappa shape index (κ2) is 9.58. The highest BCUT2D eigenvalue weighted by atomic mass is 32.2. The standard InChI is InChI=1S/C24H28N4O2S2/c1-14-9-15(2)11-28(10-14)24(30)18-7-5-6-8-19(18)27-20(29)12-31-22-21-16(3)17(4)32-23(21)26-13-25-22/h5-8,13-15H,9-12H2,1-4H3,(H,27,29). The lowest BCUT2D eigenvalue weighted by atomic mass is 9.91. The van der Waals surface area contributed by atoms with Crippen molar-refractivity contribution in [2.75, 3.05) is 24.2 Å². The first kappa shape index (κ1) is 22.7. The fourth-order valence-electron chi connectivity index (χ4n) is 4.36. The zero-order valence-electron chi connectivity index (χ0n) is 18.8. The van der Waals surface area contributed by atoms with E-state index in [2.05, 4.69) is 43.0 Å². The number of aryl methyl sites for hydroxylation is 2. The molecule has 2 unspecified atom stereocenters. The van der Waals surface area contributed by atoms with Crippen LogP contribution < -0.4 is 5.32 Å². The minimum Gasteiger partial charge on any atom is -0.338 e. The van der Waals surface area contributed by atoms with Crippen molar-refractivity contribution in [1.82, 2.24) is 14.9 Å². The number of carbonyl (C=O) groups excluding carboxylic acids is 2. The molecular weight excluding hydrogens is 440 g/mol. The lowest BCUT2D eigenvalue weighted by molar-refractivity contribution is -0.113. The Labute approximate surface area is 196 Å². The molecule has 2 atom stereocenters. The highest BCUT2D eigenvalue weighted by molar-refractivity contribution is 8.00. The smallest absolute Gasteiger partial charge is 0.255 e. The first-order valence-electron chi connectivity index (χ1n) is 10.8. The van der Waals surface area contributed by atoms with Crippen LogP contribution in [0.25, 0.3) is 10.2 Å². The molecule has 0 spiro atoms. The minimum absolute atomic E-state index is 0.0196. The highest BCUT2D eigenvalue weighted by Crippen LogP contribution is 2.34. The summed E-state index contributed by atoms with van der Waals surface area (Å²) in [5, 5.41) is 4.78. The zero-order valence-corrected chi connectivity index (χ0v) is 20.5. The van der Waals surface area contributed by atoms with Gasteiger partial charge in [-0.3, -0.25) is 9.59 Å². The number of anilines is 1. The normalized spacial score (nSPS) is 18.7. The summed E-state index contributed by atoms with van der Waals surface area (Å²) in [4.78, 5) is 38.8. The number of rotatable bonds is 5. The van der Waals surface area contributed by atoms with Gasteiger partial charge < -0.3 is 10.2 Å². The number of likely N-dealkylation sites (tertiary alicyclic amines) is 1. The number of thioether (sulfide) groups is 1. The van der Waals surface area contributed by atoms with Gasteiger partial charge in [0, 0.05) is 23.4 Å². The third kappa shape index (κ3) is 4.81. The number of nitrogens with zero attached hydrogens (tertiary/aromatic N) is 3. The number of hydrogen-bond donors (Lipinski definition) is 1. The summed E-state index contributed by atoms with van der Waals surface area (Å²) in [5.41, 5.74) is 2.26. The van der Waals surface area contributed by atoms with Crippen LogP contribution in [-0.2, 0) is 4.79 Å². The molecule has 3 aromatic rings. The lowest BCUT2D eigenvalue weighted by Gasteiger charge is -2.35. The number of aromatic nitrogens is 2. The second-order valence-corrected chi connectivity index (χ2v) is 10.8. The number of carbonyl (C=O) groups is 2. The fourth-order valence-corrected chi connectivity index (χ4v) is 6.27. The second-order valence-electron chi connectivity index (χ2n) is 8.68. The first-order valence-corrected chi connectivity index (χ1v) is 12.6. The molecule has 0 bridgehead atoms. The molecule has 1 saturated heterocycles. The van der Waals surface area contributed by atoms with Gasteiger partial charge in [-0.25, -0.2) is 9.97 Å². The molecule has 2 aromatic heterocycles. The van der Waals surface area contributed by atoms with Gasteiger partial charge in [0.1, 0.15) is 16.2 Å². The van der Waals surface area contributed by atoms with Crippen LogP contribution in [-0.4, -0.2) is 45.5 Å². The summed E-state index contributed by atoms with van der Waals surface area (Å²) in [6.07, 6.45) is 2.69. The van der Waals surface area contributed by atoms with Gasteiger partial charge in [-0.05, 0) is 49.8 Å². The van der Waals surface area contributed by atoms with Crippen molar-refractivity contribution in [3.8, 4) is 0 Å². The van der Waals surface area contributed by atoms with Crippen molar-refractivity contribution in [2.24, 2.45) is 11.8 Å². The van der Waals surface area contributed by atoms with E-state index in [-0.39, 0.29) is 17.6 Å². The van der Waals surface area contributed by atoms with Gasteiger partial charge in [-0.15, -0.1) is 11.3 Å². The van der Waals surface area contributed by atoms with Crippen molar-refractivity contribution in [3.63, 3.8) is 0 Å². The average molecular weight is 469 g/mol. The molecular formula is C24H28N4O2S2. The number of para-hydroxylation sites is 1. The molecule has 1 aliphatic heterocycles. The molecule has 32 heavy (non-hydrogen) atoms. The lowest BCUT2D eigenvalue weighted by Crippen LogP contribution is -2.42. The van der Waals surface area contributed by atoms with Gasteiger partial charge in [0.25, 0.3) is 5.91 Å². The van der Waals surface area contributed by atoms with Crippen LogP contribution in [0, 0.1) is 25.7 Å². The van der Waals surface area contributed by atoms with E-state index in [1.165, 1.54) is 16.6 Å². The van der Waals surface area contributed by atoms with Gasteiger partial charge in [-0.2, -0.15) is 0 Å². The number of amides is 2. The molecule has 0 aliphatic carbocycles. The number of benzene rings is 1. The number of fused-ring (bicyclic) bond motifs is 1. The van der Waals surface area contributed by atoms with E-state index in [0.29, 0.717) is 23.1 Å². The van der Waals surface area contributed by atoms with Crippen LogP contribution in [0.2, 0.25) is 0 Å². The summed E-state index contributed by atoms with van der Waals surface area (Å²) in [5.74, 6) is 0.992. The molecule has 2 amide bonds. The van der Waals surface area contributed by atoms with Crippen molar-refractivity contribution in [2.45, 2.75) is 39.1 Å². The molecule has 0 saturated carbocycles. The Balaban J connectivity index is 1.46. The van der Waals surface area contributed by atoms with Gasteiger partial charge >= 0.3 is 0 Å². The Morgan fingerprint density at radius 2 is 1.88 bits per heavy atom. The van der Waals surface area contributed by atoms with Gasteiger partial charge in [-0.1, -0.05) is 37.7 Å². The van der Waals surface area contributed by atoms with Crippen molar-refractivity contribution in [1.29, 1.82) is 0 Å². The number of thiophene rings is 1. The monoisotopic (exact) mass is 468 g/mol. The summed E-state index contributed by atoms with van der Waals surface area (Å²) in [6.45, 7) is 10.0. The fraction of sp³-hybridized carbons (Fsp3) is 0.417. The molecule has 1 aromatic carbocycles. The van der Waals surface area contributed by atoms with Crippen molar-refractivity contribution in [3.05, 3.63) is 46.6 Å². The van der Waals surface area contributed by atoms with Crippen LogP contribution in [0.4, 0.5) is 5.69 Å². The maximum Gasteiger partial charge on any atom is 0.255 e. The summed E-state index contributed by atoms with van der Waals surface area (Å²) < 4.78 is 0. The van der Waals surface area contributed by atoms with E-state index >= 15 is 0 Å². The summed E-state index contributed by atoms with van der Waals surface area (Å²) in [7, 11) is 0. The predicted molar refractivity (Wildman–Crippen MR) is 132 cm³/mol. The van der Waals surface area contributed by atoms with Gasteiger partial charge in [0.05, 0.1) is 17.0 Å². The molecule has 3 heterocycles. The van der Waals surface area contributed by atoms with Crippen molar-refractivity contribution < 1.29 is 9.59 Å². The Morgan fingerprint density at radius 1 is 1.16 bits per heavy atom. The largest absolute Gasteiger partial charge is 0.338 e. The van der Waals surface area contributed by atoms with Gasteiger partial charge in [0.2, 0.25) is 5.91 Å². The van der Waals surface area contributed by atoms with E-state index < -0.39 is 0 Å².